The molecule has 0 saturated carbocycles. The monoisotopic (exact) mass is 642 g/mol. The lowest BCUT2D eigenvalue weighted by Gasteiger charge is -2.27. The van der Waals surface area contributed by atoms with E-state index >= 15 is 0 Å². The molecular weight excluding hydrogens is 620 g/mol. The van der Waals surface area contributed by atoms with Gasteiger partial charge in [0.2, 0.25) is 0 Å². The number of carboxylic acids is 2. The molecule has 12 heteroatoms. The number of ether oxygens (including phenoxy) is 2. The minimum atomic E-state index is -1.16. The van der Waals surface area contributed by atoms with E-state index < -0.39 is 42.1 Å². The van der Waals surface area contributed by atoms with Crippen LogP contribution in [0.5, 0.6) is 0 Å². The Hall–Kier alpha value is -4.94. The van der Waals surface area contributed by atoms with E-state index in [1.165, 1.54) is 24.8 Å². The van der Waals surface area contributed by atoms with Gasteiger partial charge in [-0.05, 0) is 51.3 Å². The molecule has 0 spiro atoms. The summed E-state index contributed by atoms with van der Waals surface area (Å²) in [5.41, 5.74) is 2.08. The number of halogens is 1. The first-order chi connectivity index (χ1) is 20.8. The van der Waals surface area contributed by atoms with E-state index in [9.17, 15) is 24.6 Å². The molecule has 0 amide bonds. The summed E-state index contributed by atoms with van der Waals surface area (Å²) >= 11 is 3.39. The Morgan fingerprint density at radius 1 is 0.814 bits per heavy atom. The first-order valence-electron chi connectivity index (χ1n) is 13.2. The molecule has 43 heavy (non-hydrogen) atoms. The lowest BCUT2D eigenvalue weighted by Crippen LogP contribution is -2.27. The van der Waals surface area contributed by atoms with Crippen LogP contribution in [0.1, 0.15) is 60.3 Å². The number of imidazole rings is 1. The second kappa shape index (κ2) is 11.7. The van der Waals surface area contributed by atoms with Gasteiger partial charge in [-0.1, -0.05) is 54.6 Å². The molecule has 2 N–H and O–H groups in total. The van der Waals surface area contributed by atoms with Gasteiger partial charge in [-0.15, -0.1) is 0 Å². The number of aromatic carboxylic acids is 2. The zero-order valence-electron chi connectivity index (χ0n) is 22.3. The highest BCUT2D eigenvalue weighted by Crippen LogP contribution is 2.53. The molecular formula is C31H23BrN4O7. The maximum atomic E-state index is 13.0. The third kappa shape index (κ3) is 5.26. The number of carbonyl (C=O) groups excluding carboxylic acids is 1. The molecule has 0 unspecified atom stereocenters. The number of hydrogen-bond acceptors (Lipinski definition) is 8. The predicted octanol–water partition coefficient (Wildman–Crippen LogP) is 5.31. The third-order valence-electron chi connectivity index (χ3n) is 7.49. The van der Waals surface area contributed by atoms with Crippen molar-refractivity contribution in [2.24, 2.45) is 0 Å². The van der Waals surface area contributed by atoms with Gasteiger partial charge in [0.1, 0.15) is 35.4 Å². The van der Waals surface area contributed by atoms with Crippen molar-refractivity contribution in [1.82, 2.24) is 19.5 Å². The zero-order valence-corrected chi connectivity index (χ0v) is 23.9. The van der Waals surface area contributed by atoms with Gasteiger partial charge in [-0.2, -0.15) is 0 Å². The van der Waals surface area contributed by atoms with Gasteiger partial charge in [0.05, 0.1) is 23.0 Å². The van der Waals surface area contributed by atoms with Crippen molar-refractivity contribution in [3.8, 4) is 0 Å². The SMILES string of the molecule is O=C(OC[C@@H]1O[C@@H](n2cnc3c(Br)ncnc32)[C@@H](c2ccccc2C(=O)O)[C@@H]1c1ccccc1C(=O)O)c1ccccc1. The molecule has 5 aromatic rings. The van der Waals surface area contributed by atoms with Crippen LogP contribution in [-0.4, -0.2) is 60.4 Å². The van der Waals surface area contributed by atoms with E-state index in [2.05, 4.69) is 30.9 Å². The molecule has 2 aromatic heterocycles. The number of aromatic nitrogens is 4. The number of carbonyl (C=O) groups is 3. The van der Waals surface area contributed by atoms with Gasteiger partial charge >= 0.3 is 17.9 Å². The smallest absolute Gasteiger partial charge is 0.338 e. The molecule has 3 aromatic carbocycles. The van der Waals surface area contributed by atoms with E-state index in [0.717, 1.165) is 0 Å². The Balaban J connectivity index is 1.53. The second-order valence-corrected chi connectivity index (χ2v) is 10.6. The van der Waals surface area contributed by atoms with Crippen molar-refractivity contribution in [1.29, 1.82) is 0 Å². The Morgan fingerprint density at radius 2 is 1.42 bits per heavy atom. The highest BCUT2D eigenvalue weighted by molar-refractivity contribution is 9.10. The van der Waals surface area contributed by atoms with Crippen molar-refractivity contribution in [3.63, 3.8) is 0 Å². The topological polar surface area (TPSA) is 154 Å². The fraction of sp³-hybridized carbons (Fsp3) is 0.161. The normalized spacial score (nSPS) is 19.7. The molecule has 1 saturated heterocycles. The van der Waals surface area contributed by atoms with Crippen LogP contribution < -0.4 is 0 Å². The Bertz CT molecular complexity index is 1840. The van der Waals surface area contributed by atoms with Crippen LogP contribution in [0.3, 0.4) is 0 Å². The molecule has 4 atom stereocenters. The van der Waals surface area contributed by atoms with E-state index in [0.29, 0.717) is 32.5 Å². The van der Waals surface area contributed by atoms with E-state index in [4.69, 9.17) is 9.47 Å². The molecule has 0 bridgehead atoms. The quantitative estimate of drug-likeness (QED) is 0.168. The van der Waals surface area contributed by atoms with Crippen molar-refractivity contribution in [3.05, 3.63) is 124 Å². The highest BCUT2D eigenvalue weighted by Gasteiger charge is 2.50. The van der Waals surface area contributed by atoms with E-state index in [-0.39, 0.29) is 17.7 Å². The van der Waals surface area contributed by atoms with Crippen molar-refractivity contribution in [2.75, 3.05) is 6.61 Å². The summed E-state index contributed by atoms with van der Waals surface area (Å²) in [6.45, 7) is -0.236. The Labute approximate surface area is 252 Å². The van der Waals surface area contributed by atoms with Crippen molar-refractivity contribution in [2.45, 2.75) is 24.2 Å². The van der Waals surface area contributed by atoms with Crippen LogP contribution in [0.15, 0.2) is 96.1 Å². The van der Waals surface area contributed by atoms with Crippen LogP contribution in [0.2, 0.25) is 0 Å². The minimum absolute atomic E-state index is 0.0227. The number of esters is 1. The van der Waals surface area contributed by atoms with Crippen molar-refractivity contribution < 1.29 is 34.1 Å². The predicted molar refractivity (Wildman–Crippen MR) is 156 cm³/mol. The number of carboxylic acid groups (broad SMARTS) is 2. The summed E-state index contributed by atoms with van der Waals surface area (Å²) in [7, 11) is 0. The first kappa shape index (κ1) is 28.2. The van der Waals surface area contributed by atoms with Crippen LogP contribution in [0, 0.1) is 0 Å². The van der Waals surface area contributed by atoms with Crippen LogP contribution in [0.4, 0.5) is 0 Å². The molecule has 1 aliphatic heterocycles. The average Bonchev–Trinajstić information content (AvgIpc) is 3.62. The van der Waals surface area contributed by atoms with E-state index in [1.807, 2.05) is 0 Å². The molecule has 0 aliphatic carbocycles. The Morgan fingerprint density at radius 3 is 2.07 bits per heavy atom. The van der Waals surface area contributed by atoms with Gasteiger partial charge in [0.25, 0.3) is 0 Å². The van der Waals surface area contributed by atoms with Gasteiger partial charge in [0.15, 0.2) is 5.65 Å². The largest absolute Gasteiger partial charge is 0.478 e. The van der Waals surface area contributed by atoms with E-state index in [1.54, 1.807) is 71.3 Å². The summed E-state index contributed by atoms with van der Waals surface area (Å²) < 4.78 is 14.5. The maximum Gasteiger partial charge on any atom is 0.338 e. The molecule has 1 fully saturated rings. The molecule has 11 nitrogen and oxygen atoms in total. The van der Waals surface area contributed by atoms with Crippen LogP contribution >= 0.6 is 15.9 Å². The number of rotatable bonds is 8. The van der Waals surface area contributed by atoms with Crippen LogP contribution in [0.25, 0.3) is 11.2 Å². The van der Waals surface area contributed by atoms with Gasteiger partial charge in [0, 0.05) is 11.8 Å². The van der Waals surface area contributed by atoms with Gasteiger partial charge in [-0.3, -0.25) is 4.57 Å². The summed E-state index contributed by atoms with van der Waals surface area (Å²) in [5.74, 6) is -4.41. The summed E-state index contributed by atoms with van der Waals surface area (Å²) in [4.78, 5) is 50.8. The average molecular weight is 643 g/mol. The summed E-state index contributed by atoms with van der Waals surface area (Å²) in [6, 6.07) is 21.4. The fourth-order valence-electron chi connectivity index (χ4n) is 5.67. The second-order valence-electron chi connectivity index (χ2n) is 9.85. The minimum Gasteiger partial charge on any atom is -0.478 e. The van der Waals surface area contributed by atoms with Gasteiger partial charge < -0.3 is 19.7 Å². The van der Waals surface area contributed by atoms with Crippen molar-refractivity contribution >= 4 is 45.0 Å². The zero-order chi connectivity index (χ0) is 30.1. The lowest BCUT2D eigenvalue weighted by molar-refractivity contribution is -0.0362. The third-order valence-corrected chi connectivity index (χ3v) is 8.07. The number of hydrogen-bond donors (Lipinski definition) is 2. The lowest BCUT2D eigenvalue weighted by atomic mass is 9.76. The first-order valence-corrected chi connectivity index (χ1v) is 14.0. The summed E-state index contributed by atoms with van der Waals surface area (Å²) in [5, 5.41) is 20.3. The fourth-order valence-corrected chi connectivity index (χ4v) is 6.04. The van der Waals surface area contributed by atoms with Gasteiger partial charge in [-0.25, -0.2) is 29.3 Å². The molecule has 3 heterocycles. The van der Waals surface area contributed by atoms with Crippen LogP contribution in [-0.2, 0) is 9.47 Å². The molecule has 6 rings (SSSR count). The number of nitrogens with zero attached hydrogens (tertiary/aromatic N) is 4. The molecule has 1 aliphatic rings. The molecule has 0 radical (unpaired) electrons. The highest BCUT2D eigenvalue weighted by atomic mass is 79.9. The standard InChI is InChI=1S/C31H23BrN4O7/c32-26-25-27(34-15-33-26)36(16-35-25)28-24(19-11-5-7-13-21(19)30(39)40)23(18-10-4-6-12-20(18)29(37)38)22(43-28)14-42-31(41)17-8-2-1-3-9-17/h1-13,15-16,22-24,28H,14H2,(H,37,38)(H,39,40)/t22-,23+,24-,28+/m0/s1. The maximum absolute atomic E-state index is 13.0. The number of fused-ring (bicyclic) bond motifs is 1. The molecule has 216 valence electrons. The summed E-state index contributed by atoms with van der Waals surface area (Å²) in [6.07, 6.45) is 1.08. The Kier molecular flexibility index (Phi) is 7.70. The number of benzene rings is 3.